The van der Waals surface area contributed by atoms with Crippen LogP contribution >= 0.6 is 0 Å². The largest absolute Gasteiger partial charge is 0.493 e. The number of methoxy groups -OCH3 is 1. The third-order valence-electron chi connectivity index (χ3n) is 4.47. The molecule has 1 atom stereocenters. The van der Waals surface area contributed by atoms with E-state index in [1.165, 1.54) is 0 Å². The number of amides is 1. The molecule has 1 unspecified atom stereocenters. The summed E-state index contributed by atoms with van der Waals surface area (Å²) in [5.41, 5.74) is 1.75. The molecule has 2 aromatic rings. The van der Waals surface area contributed by atoms with Crippen LogP contribution in [0.2, 0.25) is 0 Å². The second-order valence-electron chi connectivity index (χ2n) is 6.34. The van der Waals surface area contributed by atoms with Crippen molar-refractivity contribution in [3.63, 3.8) is 0 Å². The Morgan fingerprint density at radius 1 is 1.28 bits per heavy atom. The van der Waals surface area contributed by atoms with Crippen molar-refractivity contribution in [1.82, 2.24) is 10.3 Å². The fourth-order valence-corrected chi connectivity index (χ4v) is 2.62. The zero-order valence-electron chi connectivity index (χ0n) is 14.7. The first-order chi connectivity index (χ1) is 12.1. The molecular formula is C19H23N3O3. The van der Waals surface area contributed by atoms with E-state index < -0.39 is 0 Å². The lowest BCUT2D eigenvalue weighted by atomic mass is 9.88. The predicted molar refractivity (Wildman–Crippen MR) is 96.2 cm³/mol. The van der Waals surface area contributed by atoms with E-state index in [1.54, 1.807) is 25.4 Å². The lowest BCUT2D eigenvalue weighted by Crippen LogP contribution is -2.48. The lowest BCUT2D eigenvalue weighted by Gasteiger charge is -2.31. The first-order valence-corrected chi connectivity index (χ1v) is 8.37. The topological polar surface area (TPSA) is 72.5 Å². The number of aryl methyl sites for hydroxylation is 1. The van der Waals surface area contributed by atoms with Crippen molar-refractivity contribution >= 4 is 11.6 Å². The lowest BCUT2D eigenvalue weighted by molar-refractivity contribution is -0.121. The second kappa shape index (κ2) is 7.53. The molecule has 2 N–H and O–H groups in total. The summed E-state index contributed by atoms with van der Waals surface area (Å²) in [5.74, 6) is 2.10. The van der Waals surface area contributed by atoms with Crippen LogP contribution in [0.4, 0.5) is 5.69 Å². The fourth-order valence-electron chi connectivity index (χ4n) is 2.62. The van der Waals surface area contributed by atoms with Crippen molar-refractivity contribution in [1.29, 1.82) is 0 Å². The Kier molecular flexibility index (Phi) is 5.19. The summed E-state index contributed by atoms with van der Waals surface area (Å²) in [5, 5.41) is 6.09. The molecule has 1 amide bonds. The molecule has 132 valence electrons. The van der Waals surface area contributed by atoms with Gasteiger partial charge in [0, 0.05) is 12.0 Å². The van der Waals surface area contributed by atoms with E-state index in [9.17, 15) is 4.79 Å². The van der Waals surface area contributed by atoms with Crippen LogP contribution in [0.25, 0.3) is 0 Å². The van der Waals surface area contributed by atoms with Crippen molar-refractivity contribution in [2.24, 2.45) is 11.8 Å². The van der Waals surface area contributed by atoms with Crippen LogP contribution in [0.5, 0.6) is 17.4 Å². The summed E-state index contributed by atoms with van der Waals surface area (Å²) < 4.78 is 11.1. The first kappa shape index (κ1) is 17.2. The molecular weight excluding hydrogens is 318 g/mol. The van der Waals surface area contributed by atoms with E-state index in [1.807, 2.05) is 32.0 Å². The van der Waals surface area contributed by atoms with Gasteiger partial charge in [0.15, 0.2) is 11.5 Å². The van der Waals surface area contributed by atoms with Gasteiger partial charge in [0.25, 0.3) is 0 Å². The Morgan fingerprint density at radius 2 is 2.08 bits per heavy atom. The molecule has 1 fully saturated rings. The van der Waals surface area contributed by atoms with Gasteiger partial charge in [0.1, 0.15) is 0 Å². The van der Waals surface area contributed by atoms with Gasteiger partial charge < -0.3 is 20.1 Å². The number of hydrogen-bond acceptors (Lipinski definition) is 5. The zero-order chi connectivity index (χ0) is 17.8. The predicted octanol–water partition coefficient (Wildman–Crippen LogP) is 2.98. The minimum Gasteiger partial charge on any atom is -0.493 e. The maximum absolute atomic E-state index is 12.2. The van der Waals surface area contributed by atoms with Gasteiger partial charge in [-0.05, 0) is 49.7 Å². The number of carbonyl (C=O) groups is 1. The molecule has 0 saturated carbocycles. The molecule has 1 saturated heterocycles. The molecule has 2 heterocycles. The number of benzene rings is 1. The number of nitrogens with zero attached hydrogens (tertiary/aromatic N) is 1. The molecule has 6 heteroatoms. The van der Waals surface area contributed by atoms with Crippen LogP contribution in [0.1, 0.15) is 12.5 Å². The van der Waals surface area contributed by atoms with Gasteiger partial charge in [-0.25, -0.2) is 4.98 Å². The quantitative estimate of drug-likeness (QED) is 0.845. The summed E-state index contributed by atoms with van der Waals surface area (Å²) in [6, 6.07) is 9.21. The fraction of sp³-hybridized carbons (Fsp3) is 0.368. The third kappa shape index (κ3) is 4.09. The number of aromatic nitrogens is 1. The Morgan fingerprint density at radius 3 is 2.68 bits per heavy atom. The van der Waals surface area contributed by atoms with Gasteiger partial charge in [0.05, 0.1) is 19.0 Å². The van der Waals surface area contributed by atoms with E-state index in [-0.39, 0.29) is 11.8 Å². The normalized spacial score (nSPS) is 15.2. The smallest absolute Gasteiger partial charge is 0.227 e. The molecule has 1 aromatic carbocycles. The zero-order valence-corrected chi connectivity index (χ0v) is 14.7. The molecule has 0 radical (unpaired) electrons. The van der Waals surface area contributed by atoms with Crippen LogP contribution in [0.3, 0.4) is 0 Å². The maximum Gasteiger partial charge on any atom is 0.227 e. The number of ether oxygens (including phenoxy) is 2. The van der Waals surface area contributed by atoms with E-state index in [4.69, 9.17) is 9.47 Å². The molecule has 1 aliphatic heterocycles. The van der Waals surface area contributed by atoms with E-state index >= 15 is 0 Å². The van der Waals surface area contributed by atoms with Crippen molar-refractivity contribution in [3.05, 3.63) is 42.1 Å². The number of rotatable bonds is 6. The minimum absolute atomic E-state index is 0.0159. The summed E-state index contributed by atoms with van der Waals surface area (Å²) in [4.78, 5) is 16.5. The highest BCUT2D eigenvalue weighted by Gasteiger charge is 2.28. The molecule has 25 heavy (non-hydrogen) atoms. The molecule has 0 bridgehead atoms. The highest BCUT2D eigenvalue weighted by atomic mass is 16.5. The van der Waals surface area contributed by atoms with E-state index in [0.29, 0.717) is 29.0 Å². The van der Waals surface area contributed by atoms with Gasteiger partial charge in [-0.3, -0.25) is 4.79 Å². The van der Waals surface area contributed by atoms with Crippen LogP contribution in [0.15, 0.2) is 36.5 Å². The van der Waals surface area contributed by atoms with Gasteiger partial charge in [0.2, 0.25) is 11.8 Å². The Hall–Kier alpha value is -2.60. The third-order valence-corrected chi connectivity index (χ3v) is 4.47. The Labute approximate surface area is 147 Å². The maximum atomic E-state index is 12.2. The van der Waals surface area contributed by atoms with Crippen LogP contribution in [0, 0.1) is 18.8 Å². The van der Waals surface area contributed by atoms with Gasteiger partial charge in [-0.2, -0.15) is 0 Å². The van der Waals surface area contributed by atoms with Crippen molar-refractivity contribution in [2.45, 2.75) is 13.8 Å². The highest BCUT2D eigenvalue weighted by Crippen LogP contribution is 2.31. The number of hydrogen-bond donors (Lipinski definition) is 2. The Balaban J connectivity index is 1.63. The summed E-state index contributed by atoms with van der Waals surface area (Å²) >= 11 is 0. The molecule has 3 rings (SSSR count). The number of nitrogens with one attached hydrogen (secondary N) is 2. The number of anilines is 1. The van der Waals surface area contributed by atoms with Crippen molar-refractivity contribution in [3.8, 4) is 17.4 Å². The SMILES string of the molecule is COc1cc(C)ccc1Oc1ccc(NC(=O)C(C)C2CNC2)cn1. The van der Waals surface area contributed by atoms with Crippen LogP contribution < -0.4 is 20.1 Å². The van der Waals surface area contributed by atoms with Crippen molar-refractivity contribution < 1.29 is 14.3 Å². The number of pyridine rings is 1. The highest BCUT2D eigenvalue weighted by molar-refractivity contribution is 5.92. The number of carbonyl (C=O) groups excluding carboxylic acids is 1. The minimum atomic E-state index is -0.0194. The second-order valence-corrected chi connectivity index (χ2v) is 6.34. The first-order valence-electron chi connectivity index (χ1n) is 8.37. The molecule has 1 aromatic heterocycles. The summed E-state index contributed by atoms with van der Waals surface area (Å²) in [6.45, 7) is 5.74. The van der Waals surface area contributed by atoms with Crippen LogP contribution in [-0.2, 0) is 4.79 Å². The molecule has 1 aliphatic rings. The van der Waals surface area contributed by atoms with Gasteiger partial charge >= 0.3 is 0 Å². The van der Waals surface area contributed by atoms with Gasteiger partial charge in [-0.15, -0.1) is 0 Å². The van der Waals surface area contributed by atoms with E-state index in [2.05, 4.69) is 15.6 Å². The average molecular weight is 341 g/mol. The molecule has 0 spiro atoms. The molecule has 6 nitrogen and oxygen atoms in total. The van der Waals surface area contributed by atoms with E-state index in [0.717, 1.165) is 18.7 Å². The standard InChI is InChI=1S/C19H23N3O3/c1-12-4-6-16(17(8-12)24-3)25-18-7-5-15(11-21-18)22-19(23)13(2)14-9-20-10-14/h4-8,11,13-14,20H,9-10H2,1-3H3,(H,22,23). The summed E-state index contributed by atoms with van der Waals surface area (Å²) in [6.07, 6.45) is 1.60. The van der Waals surface area contributed by atoms with Gasteiger partial charge in [-0.1, -0.05) is 13.0 Å². The van der Waals surface area contributed by atoms with Crippen LogP contribution in [-0.4, -0.2) is 31.1 Å². The Bertz CT molecular complexity index is 742. The monoisotopic (exact) mass is 341 g/mol. The van der Waals surface area contributed by atoms with Crippen molar-refractivity contribution in [2.75, 3.05) is 25.5 Å². The summed E-state index contributed by atoms with van der Waals surface area (Å²) in [7, 11) is 1.60. The average Bonchev–Trinajstić information content (AvgIpc) is 2.56. The molecule has 0 aliphatic carbocycles.